The highest BCUT2D eigenvalue weighted by Gasteiger charge is 2.11. The van der Waals surface area contributed by atoms with E-state index in [9.17, 15) is 4.79 Å². The molecule has 0 aliphatic heterocycles. The van der Waals surface area contributed by atoms with Crippen LogP contribution >= 0.6 is 15.9 Å². The van der Waals surface area contributed by atoms with Gasteiger partial charge in [0.1, 0.15) is 0 Å². The van der Waals surface area contributed by atoms with Crippen molar-refractivity contribution in [1.82, 2.24) is 5.32 Å². The van der Waals surface area contributed by atoms with Crippen LogP contribution in [0, 0.1) is 23.7 Å². The molecule has 31 heavy (non-hydrogen) atoms. The first-order chi connectivity index (χ1) is 14.3. The number of carbonyl (C=O) groups excluding carboxylic acids is 1. The summed E-state index contributed by atoms with van der Waals surface area (Å²) in [5, 5.41) is 2.96. The molecule has 1 amide bonds. The van der Waals surface area contributed by atoms with Crippen LogP contribution in [0.3, 0.4) is 0 Å². The van der Waals surface area contributed by atoms with Gasteiger partial charge in [0.25, 0.3) is 0 Å². The number of hydrogen-bond donors (Lipinski definition) is 2. The van der Waals surface area contributed by atoms with Gasteiger partial charge in [0, 0.05) is 16.9 Å². The maximum atomic E-state index is 11.5. The Morgan fingerprint density at radius 3 is 1.81 bits per heavy atom. The molecule has 5 heteroatoms. The normalized spacial score (nSPS) is 12.3. The van der Waals surface area contributed by atoms with Crippen LogP contribution in [-0.2, 0) is 4.79 Å². The average Bonchev–Trinajstić information content (AvgIpc) is 2.66. The van der Waals surface area contributed by atoms with E-state index in [0.29, 0.717) is 5.84 Å². The van der Waals surface area contributed by atoms with Crippen molar-refractivity contribution >= 4 is 27.7 Å². The summed E-state index contributed by atoms with van der Waals surface area (Å²) in [5.74, 6) is 3.31. The van der Waals surface area contributed by atoms with Gasteiger partial charge in [-0.3, -0.25) is 9.79 Å². The molecule has 180 valence electrons. The lowest BCUT2D eigenvalue weighted by atomic mass is 10.0. The standard InChI is InChI=1S/C12H16BrNO.C8H18N2.C6H14/c1-8(2)12(15)14-9(3)10-4-6-11(13)7-5-10;1-7(2)5-4-6-10-8(3)9;1-5(2)6(3)4/h4-9H,1-3H3,(H,14,15);7H,4-6H2,1-3H3,(H2,9,10);5-6H,1-4H3/t9-;;/m1../s1. The monoisotopic (exact) mass is 497 g/mol. The smallest absolute Gasteiger partial charge is 0.223 e. The summed E-state index contributed by atoms with van der Waals surface area (Å²) in [6.07, 6.45) is 2.41. The van der Waals surface area contributed by atoms with Crippen LogP contribution in [0.25, 0.3) is 0 Å². The topological polar surface area (TPSA) is 67.5 Å². The quantitative estimate of drug-likeness (QED) is 0.223. The second-order valence-corrected chi connectivity index (χ2v) is 10.4. The summed E-state index contributed by atoms with van der Waals surface area (Å²) >= 11 is 3.38. The molecule has 1 rings (SSSR count). The lowest BCUT2D eigenvalue weighted by Crippen LogP contribution is -2.30. The van der Waals surface area contributed by atoms with Gasteiger partial charge >= 0.3 is 0 Å². The zero-order chi connectivity index (χ0) is 24.6. The van der Waals surface area contributed by atoms with Crippen LogP contribution in [0.15, 0.2) is 33.7 Å². The zero-order valence-corrected chi connectivity index (χ0v) is 23.2. The SMILES string of the molecule is CC(C)C(=O)N[C@H](C)c1ccc(Br)cc1.CC(C)C(C)C.CC(N)=NCCCC(C)C. The number of aliphatic imine (C=N–C) groups is 1. The van der Waals surface area contributed by atoms with Crippen molar-refractivity contribution in [1.29, 1.82) is 0 Å². The molecule has 0 spiro atoms. The van der Waals surface area contributed by atoms with E-state index in [1.807, 2.05) is 52.0 Å². The maximum Gasteiger partial charge on any atom is 0.223 e. The van der Waals surface area contributed by atoms with Crippen LogP contribution in [0.4, 0.5) is 0 Å². The molecular formula is C26H48BrN3O. The molecule has 1 aromatic rings. The largest absolute Gasteiger partial charge is 0.388 e. The third-order valence-corrected chi connectivity index (χ3v) is 5.42. The van der Waals surface area contributed by atoms with E-state index in [4.69, 9.17) is 5.73 Å². The van der Waals surface area contributed by atoms with Crippen molar-refractivity contribution < 1.29 is 4.79 Å². The van der Waals surface area contributed by atoms with Crippen LogP contribution < -0.4 is 11.1 Å². The van der Waals surface area contributed by atoms with Gasteiger partial charge < -0.3 is 11.1 Å². The van der Waals surface area contributed by atoms with E-state index in [0.717, 1.165) is 40.8 Å². The minimum Gasteiger partial charge on any atom is -0.388 e. The van der Waals surface area contributed by atoms with Crippen molar-refractivity contribution in [2.24, 2.45) is 34.4 Å². The molecule has 0 saturated heterocycles. The van der Waals surface area contributed by atoms with Gasteiger partial charge in [-0.05, 0) is 62.1 Å². The van der Waals surface area contributed by atoms with E-state index in [1.54, 1.807) is 0 Å². The Bertz CT molecular complexity index is 598. The van der Waals surface area contributed by atoms with Crippen molar-refractivity contribution in [2.75, 3.05) is 6.54 Å². The summed E-state index contributed by atoms with van der Waals surface area (Å²) in [5.41, 5.74) is 6.48. The lowest BCUT2D eigenvalue weighted by Gasteiger charge is -2.15. The fourth-order valence-electron chi connectivity index (χ4n) is 1.97. The first kappa shape index (κ1) is 31.8. The van der Waals surface area contributed by atoms with E-state index in [1.165, 1.54) is 6.42 Å². The van der Waals surface area contributed by atoms with Gasteiger partial charge in [0.05, 0.1) is 11.9 Å². The number of halogens is 1. The van der Waals surface area contributed by atoms with Crippen LogP contribution in [-0.4, -0.2) is 18.3 Å². The van der Waals surface area contributed by atoms with Gasteiger partial charge in [0.15, 0.2) is 0 Å². The van der Waals surface area contributed by atoms with Crippen molar-refractivity contribution in [3.8, 4) is 0 Å². The van der Waals surface area contributed by atoms with E-state index >= 15 is 0 Å². The predicted octanol–water partition coefficient (Wildman–Crippen LogP) is 7.38. The van der Waals surface area contributed by atoms with E-state index < -0.39 is 0 Å². The Morgan fingerprint density at radius 1 is 0.968 bits per heavy atom. The number of carbonyl (C=O) groups is 1. The van der Waals surface area contributed by atoms with Gasteiger partial charge in [-0.1, -0.05) is 83.5 Å². The summed E-state index contributed by atoms with van der Waals surface area (Å²) in [4.78, 5) is 15.6. The minimum absolute atomic E-state index is 0.0305. The van der Waals surface area contributed by atoms with Crippen LogP contribution in [0.5, 0.6) is 0 Å². The highest BCUT2D eigenvalue weighted by molar-refractivity contribution is 9.10. The Hall–Kier alpha value is -1.36. The molecule has 1 aromatic carbocycles. The second-order valence-electron chi connectivity index (χ2n) is 9.48. The van der Waals surface area contributed by atoms with Crippen LogP contribution in [0.2, 0.25) is 0 Å². The third-order valence-electron chi connectivity index (χ3n) is 4.89. The molecule has 0 aliphatic carbocycles. The number of nitrogens with zero attached hydrogens (tertiary/aromatic N) is 1. The Kier molecular flexibility index (Phi) is 18.7. The molecule has 0 unspecified atom stereocenters. The summed E-state index contributed by atoms with van der Waals surface area (Å²) in [7, 11) is 0. The predicted molar refractivity (Wildman–Crippen MR) is 141 cm³/mol. The first-order valence-corrected chi connectivity index (χ1v) is 12.4. The Morgan fingerprint density at radius 2 is 1.45 bits per heavy atom. The number of nitrogens with two attached hydrogens (primary N) is 1. The van der Waals surface area contributed by atoms with Crippen molar-refractivity contribution in [3.05, 3.63) is 34.3 Å². The van der Waals surface area contributed by atoms with Crippen molar-refractivity contribution in [3.63, 3.8) is 0 Å². The molecule has 0 saturated carbocycles. The first-order valence-electron chi connectivity index (χ1n) is 11.6. The molecule has 0 heterocycles. The number of rotatable bonds is 8. The number of amidine groups is 1. The van der Waals surface area contributed by atoms with Crippen molar-refractivity contribution in [2.45, 2.75) is 88.1 Å². The highest BCUT2D eigenvalue weighted by atomic mass is 79.9. The Labute approximate surface area is 201 Å². The third kappa shape index (κ3) is 20.3. The molecule has 1 atom stereocenters. The highest BCUT2D eigenvalue weighted by Crippen LogP contribution is 2.16. The number of benzene rings is 1. The molecule has 0 aromatic heterocycles. The summed E-state index contributed by atoms with van der Waals surface area (Å²) in [6, 6.07) is 8.04. The molecule has 4 nitrogen and oxygen atoms in total. The second kappa shape index (κ2) is 18.2. The summed E-state index contributed by atoms with van der Waals surface area (Å²) < 4.78 is 1.05. The zero-order valence-electron chi connectivity index (χ0n) is 21.6. The van der Waals surface area contributed by atoms with E-state index in [-0.39, 0.29) is 17.9 Å². The van der Waals surface area contributed by atoms with Gasteiger partial charge in [-0.15, -0.1) is 0 Å². The fraction of sp³-hybridized carbons (Fsp3) is 0.692. The lowest BCUT2D eigenvalue weighted by molar-refractivity contribution is -0.124. The molecule has 0 fully saturated rings. The maximum absolute atomic E-state index is 11.5. The van der Waals surface area contributed by atoms with Crippen LogP contribution in [0.1, 0.15) is 93.7 Å². The van der Waals surface area contributed by atoms with E-state index in [2.05, 4.69) is 67.8 Å². The fourth-order valence-corrected chi connectivity index (χ4v) is 2.23. The average molecular weight is 499 g/mol. The molecule has 0 aliphatic rings. The van der Waals surface area contributed by atoms with Gasteiger partial charge in [-0.25, -0.2) is 0 Å². The minimum atomic E-state index is 0.0305. The molecule has 0 bridgehead atoms. The van der Waals surface area contributed by atoms with Gasteiger partial charge in [0.2, 0.25) is 5.91 Å². The number of amides is 1. The molecular weight excluding hydrogens is 450 g/mol. The molecule has 3 N–H and O–H groups in total. The molecule has 0 radical (unpaired) electrons. The summed E-state index contributed by atoms with van der Waals surface area (Å²) in [6.45, 7) is 21.9. The van der Waals surface area contributed by atoms with Gasteiger partial charge in [-0.2, -0.15) is 0 Å². The number of nitrogens with one attached hydrogen (secondary N) is 1. The number of hydrogen-bond acceptors (Lipinski definition) is 2. The Balaban J connectivity index is 0.